The van der Waals surface area contributed by atoms with Crippen molar-refractivity contribution < 1.29 is 38.1 Å². The van der Waals surface area contributed by atoms with E-state index in [0.717, 1.165) is 14.0 Å². The fraction of sp³-hybridized carbons (Fsp3) is 0.438. The fourth-order valence-electron chi connectivity index (χ4n) is 2.04. The molecule has 24 heavy (non-hydrogen) atoms. The van der Waals surface area contributed by atoms with E-state index < -0.39 is 30.1 Å². The number of esters is 3. The zero-order valence-electron chi connectivity index (χ0n) is 14.2. The highest BCUT2D eigenvalue weighted by atomic mass is 16.6. The van der Waals surface area contributed by atoms with Gasteiger partial charge in [-0.05, 0) is 12.1 Å². The lowest BCUT2D eigenvalue weighted by molar-refractivity contribution is -0.180. The summed E-state index contributed by atoms with van der Waals surface area (Å²) in [6.45, 7) is 2.31. The summed E-state index contributed by atoms with van der Waals surface area (Å²) >= 11 is 0. The minimum Gasteiger partial charge on any atom is -0.493 e. The van der Waals surface area contributed by atoms with Crippen molar-refractivity contribution in [3.63, 3.8) is 0 Å². The van der Waals surface area contributed by atoms with E-state index in [-0.39, 0.29) is 0 Å². The summed E-state index contributed by atoms with van der Waals surface area (Å²) in [5, 5.41) is 0. The van der Waals surface area contributed by atoms with Gasteiger partial charge in [-0.15, -0.1) is 0 Å². The van der Waals surface area contributed by atoms with E-state index in [1.165, 1.54) is 27.2 Å². The maximum absolute atomic E-state index is 12.0. The summed E-state index contributed by atoms with van der Waals surface area (Å²) in [5.74, 6) is -1.42. The Kier molecular flexibility index (Phi) is 7.03. The average Bonchev–Trinajstić information content (AvgIpc) is 2.56. The van der Waals surface area contributed by atoms with Crippen LogP contribution in [0.1, 0.15) is 25.5 Å². The number of rotatable bonds is 7. The molecule has 0 amide bonds. The highest BCUT2D eigenvalue weighted by molar-refractivity contribution is 5.80. The van der Waals surface area contributed by atoms with Crippen LogP contribution in [0, 0.1) is 0 Å². The van der Waals surface area contributed by atoms with Crippen LogP contribution in [0.5, 0.6) is 11.5 Å². The molecule has 132 valence electrons. The minimum atomic E-state index is -1.45. The van der Waals surface area contributed by atoms with Gasteiger partial charge in [0.1, 0.15) is 0 Å². The molecular weight excluding hydrogens is 320 g/mol. The largest absolute Gasteiger partial charge is 0.493 e. The van der Waals surface area contributed by atoms with E-state index >= 15 is 0 Å². The first-order valence-electron chi connectivity index (χ1n) is 6.98. The molecule has 0 spiro atoms. The molecule has 0 heterocycles. The lowest BCUT2D eigenvalue weighted by atomic mass is 10.0. The number of carbonyl (C=O) groups excluding carboxylic acids is 3. The van der Waals surface area contributed by atoms with E-state index in [9.17, 15) is 14.4 Å². The summed E-state index contributed by atoms with van der Waals surface area (Å²) in [7, 11) is 4.04. The Balaban J connectivity index is 3.35. The third kappa shape index (κ3) is 4.87. The quantitative estimate of drug-likeness (QED) is 0.543. The van der Waals surface area contributed by atoms with Gasteiger partial charge in [0.15, 0.2) is 17.6 Å². The molecule has 0 saturated heterocycles. The molecule has 0 saturated carbocycles. The summed E-state index contributed by atoms with van der Waals surface area (Å²) < 4.78 is 25.1. The van der Waals surface area contributed by atoms with Gasteiger partial charge in [-0.3, -0.25) is 9.59 Å². The molecular formula is C16H20O8. The first-order chi connectivity index (χ1) is 11.3. The highest BCUT2D eigenvalue weighted by Crippen LogP contribution is 2.33. The molecule has 2 atom stereocenters. The molecule has 0 N–H and O–H groups in total. The van der Waals surface area contributed by atoms with Gasteiger partial charge in [0.2, 0.25) is 6.10 Å². The molecule has 0 fully saturated rings. The van der Waals surface area contributed by atoms with Crippen LogP contribution in [0.3, 0.4) is 0 Å². The molecule has 0 aliphatic carbocycles. The summed E-state index contributed by atoms with van der Waals surface area (Å²) in [4.78, 5) is 34.7. The average molecular weight is 340 g/mol. The first kappa shape index (κ1) is 19.3. The maximum atomic E-state index is 12.0. The van der Waals surface area contributed by atoms with E-state index in [1.54, 1.807) is 12.1 Å². The van der Waals surface area contributed by atoms with Crippen molar-refractivity contribution >= 4 is 17.9 Å². The second-order valence-corrected chi connectivity index (χ2v) is 4.70. The molecule has 8 heteroatoms. The van der Waals surface area contributed by atoms with Gasteiger partial charge in [0.05, 0.1) is 21.3 Å². The summed E-state index contributed by atoms with van der Waals surface area (Å²) in [6, 6.07) is 4.66. The predicted molar refractivity (Wildman–Crippen MR) is 81.6 cm³/mol. The molecule has 0 bridgehead atoms. The molecule has 0 aliphatic rings. The number of hydrogen-bond acceptors (Lipinski definition) is 8. The van der Waals surface area contributed by atoms with E-state index in [2.05, 4.69) is 4.74 Å². The highest BCUT2D eigenvalue weighted by Gasteiger charge is 2.36. The molecule has 1 rings (SSSR count). The van der Waals surface area contributed by atoms with Crippen molar-refractivity contribution in [1.82, 2.24) is 0 Å². The lowest BCUT2D eigenvalue weighted by Crippen LogP contribution is -2.36. The second kappa shape index (κ2) is 8.76. The second-order valence-electron chi connectivity index (χ2n) is 4.70. The fourth-order valence-corrected chi connectivity index (χ4v) is 2.04. The summed E-state index contributed by atoms with van der Waals surface area (Å²) in [5.41, 5.74) is 0.375. The van der Waals surface area contributed by atoms with Gasteiger partial charge < -0.3 is 23.7 Å². The standard InChI is InChI=1S/C16H20O8/c1-9(17)23-14(15(16(19)22-5)24-10(2)18)11-6-7-12(20-3)13(8-11)21-4/h6-8,14-15H,1-5H3/t14-,15+/m0/s1. The van der Waals surface area contributed by atoms with Crippen molar-refractivity contribution in [1.29, 1.82) is 0 Å². The molecule has 0 radical (unpaired) electrons. The van der Waals surface area contributed by atoms with E-state index in [1.807, 2.05) is 0 Å². The van der Waals surface area contributed by atoms with Crippen molar-refractivity contribution in [3.05, 3.63) is 23.8 Å². The Hall–Kier alpha value is -2.77. The summed E-state index contributed by atoms with van der Waals surface area (Å²) in [6.07, 6.45) is -2.65. The Morgan fingerprint density at radius 1 is 0.875 bits per heavy atom. The van der Waals surface area contributed by atoms with E-state index in [0.29, 0.717) is 17.1 Å². The monoisotopic (exact) mass is 340 g/mol. The SMILES string of the molecule is COC(=O)[C@H](OC(C)=O)[C@@H](OC(C)=O)c1ccc(OC)c(OC)c1. The van der Waals surface area contributed by atoms with Crippen LogP contribution in [0.4, 0.5) is 0 Å². The lowest BCUT2D eigenvalue weighted by Gasteiger charge is -2.25. The zero-order valence-corrected chi connectivity index (χ0v) is 14.2. The van der Waals surface area contributed by atoms with Crippen LogP contribution >= 0.6 is 0 Å². The van der Waals surface area contributed by atoms with Crippen LogP contribution in [-0.2, 0) is 28.6 Å². The van der Waals surface area contributed by atoms with Gasteiger partial charge in [0, 0.05) is 19.4 Å². The first-order valence-corrected chi connectivity index (χ1v) is 6.98. The van der Waals surface area contributed by atoms with Gasteiger partial charge in [-0.25, -0.2) is 4.79 Å². The third-order valence-corrected chi connectivity index (χ3v) is 3.03. The van der Waals surface area contributed by atoms with Crippen molar-refractivity contribution in [2.75, 3.05) is 21.3 Å². The Bertz CT molecular complexity index is 610. The topological polar surface area (TPSA) is 97.4 Å². The smallest absolute Gasteiger partial charge is 0.351 e. The normalized spacial score (nSPS) is 12.5. The van der Waals surface area contributed by atoms with Crippen molar-refractivity contribution in [2.24, 2.45) is 0 Å². The molecule has 8 nitrogen and oxygen atoms in total. The maximum Gasteiger partial charge on any atom is 0.351 e. The Morgan fingerprint density at radius 3 is 1.92 bits per heavy atom. The molecule has 1 aromatic carbocycles. The predicted octanol–water partition coefficient (Wildman–Crippen LogP) is 1.41. The van der Waals surface area contributed by atoms with Crippen molar-refractivity contribution in [2.45, 2.75) is 26.1 Å². The van der Waals surface area contributed by atoms with Gasteiger partial charge in [-0.2, -0.15) is 0 Å². The van der Waals surface area contributed by atoms with Crippen LogP contribution < -0.4 is 9.47 Å². The number of carbonyl (C=O) groups is 3. The molecule has 0 unspecified atom stereocenters. The van der Waals surface area contributed by atoms with Crippen LogP contribution in [-0.4, -0.2) is 45.3 Å². The third-order valence-electron chi connectivity index (χ3n) is 3.03. The van der Waals surface area contributed by atoms with Crippen molar-refractivity contribution in [3.8, 4) is 11.5 Å². The van der Waals surface area contributed by atoms with E-state index in [4.69, 9.17) is 18.9 Å². The molecule has 1 aromatic rings. The van der Waals surface area contributed by atoms with Crippen LogP contribution in [0.25, 0.3) is 0 Å². The van der Waals surface area contributed by atoms with Crippen LogP contribution in [0.15, 0.2) is 18.2 Å². The Morgan fingerprint density at radius 2 is 1.46 bits per heavy atom. The van der Waals surface area contributed by atoms with Crippen LogP contribution in [0.2, 0.25) is 0 Å². The number of hydrogen-bond donors (Lipinski definition) is 0. The minimum absolute atomic E-state index is 0.360. The Labute approximate surface area is 139 Å². The number of methoxy groups -OCH3 is 3. The van der Waals surface area contributed by atoms with Gasteiger partial charge in [-0.1, -0.05) is 6.07 Å². The van der Waals surface area contributed by atoms with Gasteiger partial charge >= 0.3 is 17.9 Å². The number of ether oxygens (including phenoxy) is 5. The number of benzene rings is 1. The van der Waals surface area contributed by atoms with Gasteiger partial charge in [0.25, 0.3) is 0 Å². The zero-order chi connectivity index (χ0) is 18.3. The molecule has 0 aliphatic heterocycles. The molecule has 0 aromatic heterocycles.